The first-order chi connectivity index (χ1) is 13.7. The summed E-state index contributed by atoms with van der Waals surface area (Å²) in [6, 6.07) is 24.6. The van der Waals surface area contributed by atoms with E-state index in [4.69, 9.17) is 9.47 Å². The summed E-state index contributed by atoms with van der Waals surface area (Å²) in [5, 5.41) is 6.12. The third kappa shape index (κ3) is 6.06. The second-order valence-electron chi connectivity index (χ2n) is 6.12. The van der Waals surface area contributed by atoms with Gasteiger partial charge in [-0.25, -0.2) is 0 Å². The van der Waals surface area contributed by atoms with Gasteiger partial charge in [0.2, 0.25) is 5.91 Å². The maximum atomic E-state index is 12.1. The molecule has 0 aromatic heterocycles. The van der Waals surface area contributed by atoms with Crippen LogP contribution in [0.5, 0.6) is 17.2 Å². The zero-order valence-corrected chi connectivity index (χ0v) is 15.9. The number of nitrogens with one attached hydrogen (secondary N) is 2. The number of anilines is 2. The van der Waals surface area contributed by atoms with Gasteiger partial charge in [-0.05, 0) is 67.6 Å². The maximum Gasteiger partial charge on any atom is 0.226 e. The Morgan fingerprint density at radius 3 is 2.07 bits per heavy atom. The van der Waals surface area contributed by atoms with Crippen LogP contribution in [0.2, 0.25) is 0 Å². The highest BCUT2D eigenvalue weighted by Gasteiger charge is 2.04. The van der Waals surface area contributed by atoms with E-state index in [9.17, 15) is 4.79 Å². The predicted octanol–water partition coefficient (Wildman–Crippen LogP) is 5.32. The second-order valence-corrected chi connectivity index (χ2v) is 6.12. The van der Waals surface area contributed by atoms with Crippen LogP contribution >= 0.6 is 0 Å². The van der Waals surface area contributed by atoms with Gasteiger partial charge >= 0.3 is 0 Å². The molecule has 5 nitrogen and oxygen atoms in total. The molecular weight excluding hydrogens is 352 g/mol. The summed E-state index contributed by atoms with van der Waals surface area (Å²) in [5.74, 6) is 2.29. The van der Waals surface area contributed by atoms with Crippen molar-refractivity contribution in [2.75, 3.05) is 23.8 Å². The summed E-state index contributed by atoms with van der Waals surface area (Å²) in [7, 11) is 0. The van der Waals surface area contributed by atoms with E-state index in [1.54, 1.807) is 0 Å². The number of hydrogen-bond donors (Lipinski definition) is 2. The number of hydrogen-bond acceptors (Lipinski definition) is 4. The molecule has 0 atom stereocenters. The molecule has 0 aliphatic carbocycles. The number of rotatable bonds is 9. The third-order valence-electron chi connectivity index (χ3n) is 3.96. The third-order valence-corrected chi connectivity index (χ3v) is 3.96. The molecule has 0 spiro atoms. The van der Waals surface area contributed by atoms with E-state index >= 15 is 0 Å². The van der Waals surface area contributed by atoms with Crippen LogP contribution < -0.4 is 20.1 Å². The van der Waals surface area contributed by atoms with E-state index in [1.807, 2.05) is 85.8 Å². The molecule has 3 rings (SSSR count). The Labute approximate surface area is 165 Å². The molecule has 5 heteroatoms. The average molecular weight is 376 g/mol. The minimum absolute atomic E-state index is 0.0461. The minimum Gasteiger partial charge on any atom is -0.494 e. The van der Waals surface area contributed by atoms with Gasteiger partial charge in [0.1, 0.15) is 17.2 Å². The molecule has 0 saturated carbocycles. The fraction of sp³-hybridized carbons (Fsp3) is 0.174. The van der Waals surface area contributed by atoms with Gasteiger partial charge in [-0.1, -0.05) is 18.2 Å². The molecule has 0 bridgehead atoms. The summed E-state index contributed by atoms with van der Waals surface area (Å²) >= 11 is 0. The van der Waals surface area contributed by atoms with Crippen molar-refractivity contribution in [3.05, 3.63) is 78.9 Å². The Bertz CT molecular complexity index is 863. The van der Waals surface area contributed by atoms with Gasteiger partial charge in [0, 0.05) is 24.3 Å². The zero-order chi connectivity index (χ0) is 19.6. The van der Waals surface area contributed by atoms with Crippen LogP contribution in [-0.4, -0.2) is 19.1 Å². The number of carbonyl (C=O) groups is 1. The topological polar surface area (TPSA) is 59.6 Å². The molecule has 3 aromatic carbocycles. The normalized spacial score (nSPS) is 10.2. The van der Waals surface area contributed by atoms with Gasteiger partial charge in [0.15, 0.2) is 0 Å². The molecule has 0 aliphatic rings. The quantitative estimate of drug-likeness (QED) is 0.531. The van der Waals surface area contributed by atoms with Gasteiger partial charge in [-0.2, -0.15) is 0 Å². The van der Waals surface area contributed by atoms with Crippen molar-refractivity contribution in [2.45, 2.75) is 13.3 Å². The maximum absolute atomic E-state index is 12.1. The second kappa shape index (κ2) is 10.0. The summed E-state index contributed by atoms with van der Waals surface area (Å²) in [5.41, 5.74) is 1.70. The Balaban J connectivity index is 1.41. The lowest BCUT2D eigenvalue weighted by molar-refractivity contribution is -0.115. The fourth-order valence-corrected chi connectivity index (χ4v) is 2.61. The monoisotopic (exact) mass is 376 g/mol. The van der Waals surface area contributed by atoms with Gasteiger partial charge in [-0.3, -0.25) is 4.79 Å². The van der Waals surface area contributed by atoms with Crippen LogP contribution in [-0.2, 0) is 4.79 Å². The lowest BCUT2D eigenvalue weighted by Crippen LogP contribution is -2.16. The van der Waals surface area contributed by atoms with Crippen molar-refractivity contribution in [3.8, 4) is 17.2 Å². The standard InChI is InChI=1S/C23H24N2O3/c1-2-27-20-12-8-18(9-13-20)24-17-16-23(26)25-19-10-14-22(15-11-19)28-21-6-4-3-5-7-21/h3-15,24H,2,16-17H2,1H3,(H,25,26). The SMILES string of the molecule is CCOc1ccc(NCCC(=O)Nc2ccc(Oc3ccccc3)cc2)cc1. The number of amides is 1. The highest BCUT2D eigenvalue weighted by molar-refractivity contribution is 5.91. The molecule has 2 N–H and O–H groups in total. The van der Waals surface area contributed by atoms with Crippen molar-refractivity contribution >= 4 is 17.3 Å². The molecule has 144 valence electrons. The lowest BCUT2D eigenvalue weighted by Gasteiger charge is -2.09. The molecule has 0 aliphatic heterocycles. The predicted molar refractivity (Wildman–Crippen MR) is 112 cm³/mol. The molecule has 28 heavy (non-hydrogen) atoms. The molecule has 3 aromatic rings. The zero-order valence-electron chi connectivity index (χ0n) is 15.9. The Hall–Kier alpha value is -3.47. The van der Waals surface area contributed by atoms with Gasteiger partial charge < -0.3 is 20.1 Å². The van der Waals surface area contributed by atoms with E-state index < -0.39 is 0 Å². The lowest BCUT2D eigenvalue weighted by atomic mass is 10.2. The van der Waals surface area contributed by atoms with E-state index in [0.717, 1.165) is 28.6 Å². The van der Waals surface area contributed by atoms with E-state index in [0.29, 0.717) is 19.6 Å². The highest BCUT2D eigenvalue weighted by Crippen LogP contribution is 2.22. The van der Waals surface area contributed by atoms with Crippen molar-refractivity contribution in [3.63, 3.8) is 0 Å². The fourth-order valence-electron chi connectivity index (χ4n) is 2.61. The van der Waals surface area contributed by atoms with Crippen LogP contribution in [0.4, 0.5) is 11.4 Å². The number of carbonyl (C=O) groups excluding carboxylic acids is 1. The molecule has 1 amide bonds. The molecule has 0 saturated heterocycles. The van der Waals surface area contributed by atoms with E-state index in [1.165, 1.54) is 0 Å². The number of benzene rings is 3. The Morgan fingerprint density at radius 2 is 1.39 bits per heavy atom. The summed E-state index contributed by atoms with van der Waals surface area (Å²) in [6.45, 7) is 3.15. The van der Waals surface area contributed by atoms with Gasteiger partial charge in [0.05, 0.1) is 6.61 Å². The van der Waals surface area contributed by atoms with Crippen molar-refractivity contribution in [1.82, 2.24) is 0 Å². The van der Waals surface area contributed by atoms with Crippen LogP contribution in [0.25, 0.3) is 0 Å². The first-order valence-electron chi connectivity index (χ1n) is 9.32. The van der Waals surface area contributed by atoms with Crippen LogP contribution in [0, 0.1) is 0 Å². The van der Waals surface area contributed by atoms with Crippen LogP contribution in [0.15, 0.2) is 78.9 Å². The van der Waals surface area contributed by atoms with Gasteiger partial charge in [0.25, 0.3) is 0 Å². The first kappa shape index (κ1) is 19.3. The molecule has 0 radical (unpaired) electrons. The largest absolute Gasteiger partial charge is 0.494 e. The van der Waals surface area contributed by atoms with Crippen molar-refractivity contribution in [2.24, 2.45) is 0 Å². The Morgan fingerprint density at radius 1 is 0.786 bits per heavy atom. The molecule has 0 unspecified atom stereocenters. The summed E-state index contributed by atoms with van der Waals surface area (Å²) in [6.07, 6.45) is 0.371. The molecular formula is C23H24N2O3. The summed E-state index contributed by atoms with van der Waals surface area (Å²) < 4.78 is 11.2. The van der Waals surface area contributed by atoms with Crippen molar-refractivity contribution in [1.29, 1.82) is 0 Å². The minimum atomic E-state index is -0.0461. The number of para-hydroxylation sites is 1. The highest BCUT2D eigenvalue weighted by atomic mass is 16.5. The van der Waals surface area contributed by atoms with E-state index in [2.05, 4.69) is 10.6 Å². The Kier molecular flexibility index (Phi) is 6.90. The van der Waals surface area contributed by atoms with Crippen LogP contribution in [0.3, 0.4) is 0 Å². The smallest absolute Gasteiger partial charge is 0.226 e. The molecule has 0 fully saturated rings. The van der Waals surface area contributed by atoms with Crippen molar-refractivity contribution < 1.29 is 14.3 Å². The first-order valence-corrected chi connectivity index (χ1v) is 9.32. The van der Waals surface area contributed by atoms with Gasteiger partial charge in [-0.15, -0.1) is 0 Å². The number of ether oxygens (including phenoxy) is 2. The van der Waals surface area contributed by atoms with E-state index in [-0.39, 0.29) is 5.91 Å². The summed E-state index contributed by atoms with van der Waals surface area (Å²) in [4.78, 5) is 12.1. The average Bonchev–Trinajstić information content (AvgIpc) is 2.72. The van der Waals surface area contributed by atoms with Crippen LogP contribution in [0.1, 0.15) is 13.3 Å². The molecule has 0 heterocycles.